The van der Waals surface area contributed by atoms with Crippen molar-refractivity contribution in [2.75, 3.05) is 6.54 Å². The summed E-state index contributed by atoms with van der Waals surface area (Å²) in [5.74, 6) is 1.45. The molecule has 1 aliphatic carbocycles. The van der Waals surface area contributed by atoms with Crippen molar-refractivity contribution in [3.05, 3.63) is 71.1 Å². The zero-order valence-electron chi connectivity index (χ0n) is 16.3. The Morgan fingerprint density at radius 2 is 1.79 bits per heavy atom. The maximum atomic E-state index is 13.1. The molecule has 29 heavy (non-hydrogen) atoms. The molecule has 1 amide bonds. The summed E-state index contributed by atoms with van der Waals surface area (Å²) >= 11 is 5.94. The largest absolute Gasteiger partial charge is 0.339 e. The van der Waals surface area contributed by atoms with Gasteiger partial charge >= 0.3 is 0 Å². The lowest BCUT2D eigenvalue weighted by molar-refractivity contribution is -0.136. The van der Waals surface area contributed by atoms with E-state index < -0.39 is 0 Å². The van der Waals surface area contributed by atoms with Crippen LogP contribution in [0.25, 0.3) is 11.4 Å². The van der Waals surface area contributed by atoms with E-state index in [2.05, 4.69) is 22.3 Å². The van der Waals surface area contributed by atoms with E-state index in [-0.39, 0.29) is 11.8 Å². The summed E-state index contributed by atoms with van der Waals surface area (Å²) in [6.07, 6.45) is 4.80. The van der Waals surface area contributed by atoms with Gasteiger partial charge in [0.2, 0.25) is 17.6 Å². The molecular formula is C23H24ClN3O2. The summed E-state index contributed by atoms with van der Waals surface area (Å²) in [5, 5.41) is 4.73. The van der Waals surface area contributed by atoms with E-state index in [0.717, 1.165) is 36.8 Å². The standard InChI is InChI=1S/C23H24ClN3O2/c24-20-12-10-18(11-13-20)22-25-21(29-26-22)14-15-27(16-17-6-2-1-3-7-17)23(28)19-8-4-5-9-19/h1-3,6-7,10-13,19H,4-5,8-9,14-16H2. The number of amides is 1. The van der Waals surface area contributed by atoms with Crippen molar-refractivity contribution in [1.29, 1.82) is 0 Å². The molecule has 5 nitrogen and oxygen atoms in total. The number of halogens is 1. The van der Waals surface area contributed by atoms with Crippen molar-refractivity contribution in [2.24, 2.45) is 5.92 Å². The highest BCUT2D eigenvalue weighted by Crippen LogP contribution is 2.27. The van der Waals surface area contributed by atoms with E-state index in [1.54, 1.807) is 12.1 Å². The lowest BCUT2D eigenvalue weighted by atomic mass is 10.1. The van der Waals surface area contributed by atoms with Gasteiger partial charge in [0.15, 0.2) is 0 Å². The van der Waals surface area contributed by atoms with Crippen molar-refractivity contribution in [3.8, 4) is 11.4 Å². The van der Waals surface area contributed by atoms with Crippen LogP contribution >= 0.6 is 11.6 Å². The summed E-state index contributed by atoms with van der Waals surface area (Å²) in [6, 6.07) is 17.4. The Labute approximate surface area is 175 Å². The molecular weight excluding hydrogens is 386 g/mol. The molecule has 1 aliphatic rings. The fourth-order valence-corrected chi connectivity index (χ4v) is 3.93. The molecule has 1 heterocycles. The van der Waals surface area contributed by atoms with Crippen LogP contribution in [0.1, 0.15) is 37.1 Å². The van der Waals surface area contributed by atoms with Gasteiger partial charge in [-0.25, -0.2) is 0 Å². The van der Waals surface area contributed by atoms with Gasteiger partial charge in [-0.2, -0.15) is 4.98 Å². The fraction of sp³-hybridized carbons (Fsp3) is 0.348. The maximum Gasteiger partial charge on any atom is 0.228 e. The summed E-state index contributed by atoms with van der Waals surface area (Å²) in [4.78, 5) is 19.5. The topological polar surface area (TPSA) is 59.2 Å². The third kappa shape index (κ3) is 5.04. The predicted octanol–water partition coefficient (Wildman–Crippen LogP) is 5.15. The SMILES string of the molecule is O=C(C1CCCC1)N(CCc1nc(-c2ccc(Cl)cc2)no1)Cc1ccccc1. The van der Waals surface area contributed by atoms with Gasteiger partial charge in [0.1, 0.15) is 0 Å². The lowest BCUT2D eigenvalue weighted by Gasteiger charge is -2.25. The molecule has 150 valence electrons. The number of carbonyl (C=O) groups excluding carboxylic acids is 1. The second kappa shape index (κ2) is 9.23. The lowest BCUT2D eigenvalue weighted by Crippen LogP contribution is -2.36. The minimum Gasteiger partial charge on any atom is -0.339 e. The smallest absolute Gasteiger partial charge is 0.228 e. The Hall–Kier alpha value is -2.66. The first kappa shape index (κ1) is 19.6. The van der Waals surface area contributed by atoms with Gasteiger partial charge in [0, 0.05) is 36.0 Å². The third-order valence-electron chi connectivity index (χ3n) is 5.40. The molecule has 0 unspecified atom stereocenters. The van der Waals surface area contributed by atoms with Gasteiger partial charge < -0.3 is 9.42 Å². The number of hydrogen-bond donors (Lipinski definition) is 0. The molecule has 0 N–H and O–H groups in total. The van der Waals surface area contributed by atoms with Crippen LogP contribution in [0.3, 0.4) is 0 Å². The van der Waals surface area contributed by atoms with Crippen LogP contribution in [-0.4, -0.2) is 27.5 Å². The van der Waals surface area contributed by atoms with Crippen LogP contribution in [0.2, 0.25) is 5.02 Å². The second-order valence-corrected chi connectivity index (χ2v) is 7.93. The minimum absolute atomic E-state index is 0.144. The van der Waals surface area contributed by atoms with Gasteiger partial charge in [0.05, 0.1) is 0 Å². The van der Waals surface area contributed by atoms with Crippen molar-refractivity contribution in [2.45, 2.75) is 38.6 Å². The summed E-state index contributed by atoms with van der Waals surface area (Å²) < 4.78 is 5.42. The molecule has 6 heteroatoms. The Balaban J connectivity index is 1.44. The van der Waals surface area contributed by atoms with E-state index in [1.807, 2.05) is 35.2 Å². The van der Waals surface area contributed by atoms with E-state index in [4.69, 9.17) is 16.1 Å². The van der Waals surface area contributed by atoms with E-state index in [9.17, 15) is 4.79 Å². The molecule has 1 saturated carbocycles. The maximum absolute atomic E-state index is 13.1. The molecule has 0 spiro atoms. The zero-order chi connectivity index (χ0) is 20.1. The zero-order valence-corrected chi connectivity index (χ0v) is 17.0. The number of aromatic nitrogens is 2. The molecule has 3 aromatic rings. The number of benzene rings is 2. The van der Waals surface area contributed by atoms with Crippen molar-refractivity contribution < 1.29 is 9.32 Å². The molecule has 0 bridgehead atoms. The quantitative estimate of drug-likeness (QED) is 0.541. The summed E-state index contributed by atoms with van der Waals surface area (Å²) in [7, 11) is 0. The summed E-state index contributed by atoms with van der Waals surface area (Å²) in [6.45, 7) is 1.17. The van der Waals surface area contributed by atoms with Crippen molar-refractivity contribution in [3.63, 3.8) is 0 Å². The predicted molar refractivity (Wildman–Crippen MR) is 112 cm³/mol. The highest BCUT2D eigenvalue weighted by molar-refractivity contribution is 6.30. The molecule has 0 saturated heterocycles. The first-order chi connectivity index (χ1) is 14.2. The second-order valence-electron chi connectivity index (χ2n) is 7.50. The van der Waals surface area contributed by atoms with E-state index >= 15 is 0 Å². The molecule has 4 rings (SSSR count). The van der Waals surface area contributed by atoms with Crippen LogP contribution in [0.4, 0.5) is 0 Å². The highest BCUT2D eigenvalue weighted by Gasteiger charge is 2.27. The Morgan fingerprint density at radius 3 is 2.52 bits per heavy atom. The molecule has 2 aromatic carbocycles. The van der Waals surface area contributed by atoms with E-state index in [0.29, 0.717) is 36.2 Å². The van der Waals surface area contributed by atoms with Crippen LogP contribution < -0.4 is 0 Å². The van der Waals surface area contributed by atoms with Crippen LogP contribution in [0.15, 0.2) is 59.1 Å². The van der Waals surface area contributed by atoms with Gasteiger partial charge in [-0.15, -0.1) is 0 Å². The van der Waals surface area contributed by atoms with Crippen molar-refractivity contribution in [1.82, 2.24) is 15.0 Å². The van der Waals surface area contributed by atoms with Gasteiger partial charge in [0.25, 0.3) is 0 Å². The first-order valence-electron chi connectivity index (χ1n) is 10.1. The number of hydrogen-bond acceptors (Lipinski definition) is 4. The van der Waals surface area contributed by atoms with E-state index in [1.165, 1.54) is 0 Å². The van der Waals surface area contributed by atoms with Gasteiger partial charge in [-0.1, -0.05) is 59.9 Å². The Morgan fingerprint density at radius 1 is 1.07 bits per heavy atom. The molecule has 1 aromatic heterocycles. The molecule has 0 atom stereocenters. The Kier molecular flexibility index (Phi) is 6.25. The van der Waals surface area contributed by atoms with Crippen LogP contribution in [-0.2, 0) is 17.8 Å². The monoisotopic (exact) mass is 409 g/mol. The highest BCUT2D eigenvalue weighted by atomic mass is 35.5. The van der Waals surface area contributed by atoms with Gasteiger partial charge in [-0.05, 0) is 42.7 Å². The average molecular weight is 410 g/mol. The molecule has 0 radical (unpaired) electrons. The molecule has 0 aliphatic heterocycles. The third-order valence-corrected chi connectivity index (χ3v) is 5.65. The fourth-order valence-electron chi connectivity index (χ4n) is 3.81. The van der Waals surface area contributed by atoms with Crippen LogP contribution in [0, 0.1) is 5.92 Å². The Bertz CT molecular complexity index is 934. The van der Waals surface area contributed by atoms with Crippen molar-refractivity contribution >= 4 is 17.5 Å². The number of rotatable bonds is 7. The minimum atomic E-state index is 0.144. The van der Waals surface area contributed by atoms with Crippen LogP contribution in [0.5, 0.6) is 0 Å². The summed E-state index contributed by atoms with van der Waals surface area (Å²) in [5.41, 5.74) is 1.99. The van der Waals surface area contributed by atoms with Gasteiger partial charge in [-0.3, -0.25) is 4.79 Å². The normalized spacial score (nSPS) is 14.2. The number of carbonyl (C=O) groups is 1. The average Bonchev–Trinajstić information content (AvgIpc) is 3.44. The molecule has 1 fully saturated rings. The first-order valence-corrected chi connectivity index (χ1v) is 10.5. The number of nitrogens with zero attached hydrogens (tertiary/aromatic N) is 3.